The lowest BCUT2D eigenvalue weighted by molar-refractivity contribution is 0.0270. The summed E-state index contributed by atoms with van der Waals surface area (Å²) < 4.78 is 6.47. The van der Waals surface area contributed by atoms with Crippen molar-refractivity contribution < 1.29 is 9.53 Å². The molecule has 23 heavy (non-hydrogen) atoms. The number of hydrogen-bond donors (Lipinski definition) is 1. The number of carbonyl (C=O) groups excluding carboxylic acids is 1. The minimum atomic E-state index is -0.455. The van der Waals surface area contributed by atoms with Crippen molar-refractivity contribution in [1.82, 2.24) is 15.1 Å². The van der Waals surface area contributed by atoms with E-state index >= 15 is 0 Å². The van der Waals surface area contributed by atoms with Crippen molar-refractivity contribution in [2.75, 3.05) is 13.1 Å². The van der Waals surface area contributed by atoms with Gasteiger partial charge in [0.05, 0.1) is 5.52 Å². The molecule has 0 radical (unpaired) electrons. The summed E-state index contributed by atoms with van der Waals surface area (Å²) >= 11 is 2.25. The van der Waals surface area contributed by atoms with Crippen molar-refractivity contribution >= 4 is 45.2 Å². The van der Waals surface area contributed by atoms with Gasteiger partial charge in [0, 0.05) is 18.5 Å². The molecule has 122 valence electrons. The molecule has 1 aromatic carbocycles. The first kappa shape index (κ1) is 16.3. The second kappa shape index (κ2) is 6.14. The van der Waals surface area contributed by atoms with Gasteiger partial charge in [-0.3, -0.25) is 5.10 Å². The van der Waals surface area contributed by atoms with E-state index in [1.54, 1.807) is 4.90 Å². The van der Waals surface area contributed by atoms with Gasteiger partial charge in [0.2, 0.25) is 0 Å². The largest absolute Gasteiger partial charge is 0.444 e. The van der Waals surface area contributed by atoms with Gasteiger partial charge < -0.3 is 9.64 Å². The second-order valence-electron chi connectivity index (χ2n) is 6.68. The third-order valence-electron chi connectivity index (χ3n) is 3.74. The number of fused-ring (bicyclic) bond motifs is 1. The molecule has 2 aromatic rings. The van der Waals surface area contributed by atoms with Gasteiger partial charge in [0.25, 0.3) is 0 Å². The molecule has 0 aliphatic carbocycles. The fourth-order valence-corrected chi connectivity index (χ4v) is 3.18. The molecular formula is C17H20IN3O2. The molecule has 0 atom stereocenters. The Bertz CT molecular complexity index is 774. The lowest BCUT2D eigenvalue weighted by Crippen LogP contribution is -2.39. The average molecular weight is 425 g/mol. The maximum Gasteiger partial charge on any atom is 0.410 e. The van der Waals surface area contributed by atoms with Crippen LogP contribution in [0.15, 0.2) is 24.3 Å². The number of rotatable bonds is 1. The molecule has 5 nitrogen and oxygen atoms in total. The molecule has 0 bridgehead atoms. The van der Waals surface area contributed by atoms with Gasteiger partial charge in [-0.05, 0) is 73.1 Å². The number of hydrogen-bond acceptors (Lipinski definition) is 3. The molecule has 0 saturated heterocycles. The Morgan fingerprint density at radius 2 is 2.17 bits per heavy atom. The van der Waals surface area contributed by atoms with E-state index in [1.807, 2.05) is 20.8 Å². The summed E-state index contributed by atoms with van der Waals surface area (Å²) in [5, 5.41) is 8.45. The molecular weight excluding hydrogens is 405 g/mol. The average Bonchev–Trinajstić information content (AvgIpc) is 2.87. The van der Waals surface area contributed by atoms with Gasteiger partial charge in [-0.1, -0.05) is 12.1 Å². The van der Waals surface area contributed by atoms with Crippen LogP contribution in [0, 0.1) is 3.70 Å². The van der Waals surface area contributed by atoms with Crippen LogP contribution in [0.4, 0.5) is 4.79 Å². The molecule has 1 aromatic heterocycles. The number of aromatic amines is 1. The number of H-pyrrole nitrogens is 1. The van der Waals surface area contributed by atoms with Gasteiger partial charge in [-0.2, -0.15) is 5.10 Å². The highest BCUT2D eigenvalue weighted by atomic mass is 127. The normalized spacial score (nSPS) is 15.7. The van der Waals surface area contributed by atoms with E-state index in [0.717, 1.165) is 21.0 Å². The lowest BCUT2D eigenvalue weighted by atomic mass is 9.99. The number of nitrogens with zero attached hydrogens (tertiary/aromatic N) is 2. The van der Waals surface area contributed by atoms with Crippen molar-refractivity contribution in [1.29, 1.82) is 0 Å². The van der Waals surface area contributed by atoms with Crippen LogP contribution in [-0.4, -0.2) is 39.9 Å². The summed E-state index contributed by atoms with van der Waals surface area (Å²) in [7, 11) is 0. The van der Waals surface area contributed by atoms with Crippen LogP contribution in [0.3, 0.4) is 0 Å². The van der Waals surface area contributed by atoms with Crippen LogP contribution in [0.25, 0.3) is 16.5 Å². The van der Waals surface area contributed by atoms with Gasteiger partial charge in [0.15, 0.2) is 0 Å². The Morgan fingerprint density at radius 3 is 2.83 bits per heavy atom. The zero-order chi connectivity index (χ0) is 16.6. The van der Waals surface area contributed by atoms with Crippen molar-refractivity contribution in [2.24, 2.45) is 0 Å². The monoisotopic (exact) mass is 425 g/mol. The Kier molecular flexibility index (Phi) is 4.35. The predicted molar refractivity (Wildman–Crippen MR) is 99.2 cm³/mol. The van der Waals surface area contributed by atoms with Crippen LogP contribution in [-0.2, 0) is 4.74 Å². The minimum absolute atomic E-state index is 0.245. The predicted octanol–water partition coefficient (Wildman–Crippen LogP) is 4.19. The Labute approximate surface area is 149 Å². The van der Waals surface area contributed by atoms with Crippen LogP contribution in [0.5, 0.6) is 0 Å². The molecule has 1 aliphatic rings. The molecule has 0 fully saturated rings. The fraction of sp³-hybridized carbons (Fsp3) is 0.412. The standard InChI is InChI=1S/C17H20IN3O2/c1-17(2,3)23-16(22)21-8-6-11(7-9-21)12-4-5-13-14(10-12)19-20-15(13)18/h4-6,10H,7-9H2,1-3H3,(H,19,20). The number of ether oxygens (including phenoxy) is 1. The molecule has 1 amide bonds. The number of carbonyl (C=O) groups is 1. The molecule has 0 unspecified atom stereocenters. The van der Waals surface area contributed by atoms with E-state index in [1.165, 1.54) is 11.1 Å². The number of amides is 1. The number of aromatic nitrogens is 2. The Hall–Kier alpha value is -1.57. The Morgan fingerprint density at radius 1 is 1.39 bits per heavy atom. The quantitative estimate of drug-likeness (QED) is 0.698. The first-order valence-corrected chi connectivity index (χ1v) is 8.72. The molecule has 0 saturated carbocycles. The molecule has 0 spiro atoms. The number of halogens is 1. The van der Waals surface area contributed by atoms with Crippen molar-refractivity contribution in [2.45, 2.75) is 32.8 Å². The summed E-state index contributed by atoms with van der Waals surface area (Å²) in [4.78, 5) is 13.8. The minimum Gasteiger partial charge on any atom is -0.444 e. The number of benzene rings is 1. The zero-order valence-corrected chi connectivity index (χ0v) is 15.7. The van der Waals surface area contributed by atoms with Gasteiger partial charge in [-0.25, -0.2) is 4.79 Å². The third kappa shape index (κ3) is 3.68. The summed E-state index contributed by atoms with van der Waals surface area (Å²) in [5.41, 5.74) is 2.94. The van der Waals surface area contributed by atoms with E-state index in [4.69, 9.17) is 4.74 Å². The van der Waals surface area contributed by atoms with E-state index < -0.39 is 5.60 Å². The summed E-state index contributed by atoms with van der Waals surface area (Å²) in [6, 6.07) is 6.31. The topological polar surface area (TPSA) is 58.2 Å². The van der Waals surface area contributed by atoms with Crippen LogP contribution in [0.1, 0.15) is 32.8 Å². The van der Waals surface area contributed by atoms with Crippen molar-refractivity contribution in [3.05, 3.63) is 33.5 Å². The zero-order valence-electron chi connectivity index (χ0n) is 13.5. The molecule has 1 N–H and O–H groups in total. The SMILES string of the molecule is CC(C)(C)OC(=O)N1CC=C(c2ccc3c(I)[nH]nc3c2)CC1. The highest BCUT2D eigenvalue weighted by Gasteiger charge is 2.23. The van der Waals surface area contributed by atoms with Crippen LogP contribution in [0.2, 0.25) is 0 Å². The molecule has 6 heteroatoms. The summed E-state index contributed by atoms with van der Waals surface area (Å²) in [6.07, 6.45) is 2.68. The van der Waals surface area contributed by atoms with Crippen LogP contribution < -0.4 is 0 Å². The summed E-state index contributed by atoms with van der Waals surface area (Å²) in [6.45, 7) is 6.92. The highest BCUT2D eigenvalue weighted by Crippen LogP contribution is 2.27. The van der Waals surface area contributed by atoms with E-state index in [9.17, 15) is 4.79 Å². The first-order valence-electron chi connectivity index (χ1n) is 7.64. The lowest BCUT2D eigenvalue weighted by Gasteiger charge is -2.29. The van der Waals surface area contributed by atoms with E-state index in [0.29, 0.717) is 13.1 Å². The Balaban J connectivity index is 1.74. The van der Waals surface area contributed by atoms with Crippen molar-refractivity contribution in [3.8, 4) is 0 Å². The highest BCUT2D eigenvalue weighted by molar-refractivity contribution is 14.1. The first-order chi connectivity index (χ1) is 10.8. The van der Waals surface area contributed by atoms with Gasteiger partial charge in [0.1, 0.15) is 9.30 Å². The maximum absolute atomic E-state index is 12.1. The molecule has 2 heterocycles. The van der Waals surface area contributed by atoms with Gasteiger partial charge >= 0.3 is 6.09 Å². The molecule has 1 aliphatic heterocycles. The van der Waals surface area contributed by atoms with E-state index in [2.05, 4.69) is 57.1 Å². The van der Waals surface area contributed by atoms with Crippen molar-refractivity contribution in [3.63, 3.8) is 0 Å². The third-order valence-corrected chi connectivity index (χ3v) is 4.56. The smallest absolute Gasteiger partial charge is 0.410 e. The van der Waals surface area contributed by atoms with Gasteiger partial charge in [-0.15, -0.1) is 0 Å². The van der Waals surface area contributed by atoms with E-state index in [-0.39, 0.29) is 6.09 Å². The second-order valence-corrected chi connectivity index (χ2v) is 7.75. The van der Waals surface area contributed by atoms with Crippen LogP contribution >= 0.6 is 22.6 Å². The maximum atomic E-state index is 12.1. The number of nitrogens with one attached hydrogen (secondary N) is 1. The fourth-order valence-electron chi connectivity index (χ4n) is 2.60. The molecule has 3 rings (SSSR count). The summed E-state index contributed by atoms with van der Waals surface area (Å²) in [5.74, 6) is 0.